The highest BCUT2D eigenvalue weighted by Gasteiger charge is 2.10. The second-order valence-electron chi connectivity index (χ2n) is 3.45. The Hall–Kier alpha value is -2.24. The molecule has 2 rings (SSSR count). The molecule has 4 nitrogen and oxygen atoms in total. The van der Waals surface area contributed by atoms with Gasteiger partial charge in [-0.15, -0.1) is 0 Å². The number of carboxylic acid groups (broad SMARTS) is 1. The number of carbonyl (C=O) groups is 1. The summed E-state index contributed by atoms with van der Waals surface area (Å²) in [4.78, 5) is 14.3. The van der Waals surface area contributed by atoms with Crippen LogP contribution >= 0.6 is 0 Å². The molecule has 0 aliphatic heterocycles. The SMILES string of the molecule is O=C(O)Cn1cnc(-c2ccc(F)cc2F)c1. The van der Waals surface area contributed by atoms with E-state index in [2.05, 4.69) is 4.98 Å². The highest BCUT2D eigenvalue weighted by Crippen LogP contribution is 2.21. The summed E-state index contributed by atoms with van der Waals surface area (Å²) >= 11 is 0. The van der Waals surface area contributed by atoms with Crippen LogP contribution in [-0.4, -0.2) is 20.6 Å². The molecular weight excluding hydrogens is 230 g/mol. The lowest BCUT2D eigenvalue weighted by molar-refractivity contribution is -0.137. The van der Waals surface area contributed by atoms with Gasteiger partial charge in [0.2, 0.25) is 0 Å². The monoisotopic (exact) mass is 238 g/mol. The Bertz CT molecular complexity index is 566. The highest BCUT2D eigenvalue weighted by molar-refractivity contribution is 5.67. The summed E-state index contributed by atoms with van der Waals surface area (Å²) in [6.07, 6.45) is 2.68. The van der Waals surface area contributed by atoms with Gasteiger partial charge in [0.05, 0.1) is 12.0 Å². The third kappa shape index (κ3) is 2.47. The molecule has 1 aromatic heterocycles. The van der Waals surface area contributed by atoms with Crippen molar-refractivity contribution in [2.75, 3.05) is 0 Å². The predicted molar refractivity (Wildman–Crippen MR) is 55.2 cm³/mol. The third-order valence-electron chi connectivity index (χ3n) is 2.16. The number of nitrogens with zero attached hydrogens (tertiary/aromatic N) is 2. The Morgan fingerprint density at radius 3 is 2.82 bits per heavy atom. The van der Waals surface area contributed by atoms with Gasteiger partial charge in [0.15, 0.2) is 0 Å². The first-order chi connectivity index (χ1) is 8.06. The zero-order chi connectivity index (χ0) is 12.4. The maximum Gasteiger partial charge on any atom is 0.323 e. The van der Waals surface area contributed by atoms with Gasteiger partial charge >= 0.3 is 5.97 Å². The second-order valence-corrected chi connectivity index (χ2v) is 3.45. The average molecular weight is 238 g/mol. The Kier molecular flexibility index (Phi) is 2.86. The molecule has 17 heavy (non-hydrogen) atoms. The van der Waals surface area contributed by atoms with Crippen LogP contribution in [0.2, 0.25) is 0 Å². The summed E-state index contributed by atoms with van der Waals surface area (Å²) in [5, 5.41) is 8.57. The van der Waals surface area contributed by atoms with Crippen molar-refractivity contribution in [2.24, 2.45) is 0 Å². The van der Waals surface area contributed by atoms with Crippen molar-refractivity contribution in [3.8, 4) is 11.3 Å². The Labute approximate surface area is 95.1 Å². The molecule has 0 radical (unpaired) electrons. The van der Waals surface area contributed by atoms with Crippen molar-refractivity contribution in [3.05, 3.63) is 42.4 Å². The van der Waals surface area contributed by atoms with Crippen LogP contribution in [0.25, 0.3) is 11.3 Å². The molecule has 0 unspecified atom stereocenters. The average Bonchev–Trinajstić information content (AvgIpc) is 2.65. The number of rotatable bonds is 3. The smallest absolute Gasteiger partial charge is 0.323 e. The number of carboxylic acids is 1. The second kappa shape index (κ2) is 4.32. The molecule has 0 aliphatic rings. The van der Waals surface area contributed by atoms with Crippen molar-refractivity contribution >= 4 is 5.97 Å². The molecule has 0 aliphatic carbocycles. The molecule has 0 atom stereocenters. The van der Waals surface area contributed by atoms with Gasteiger partial charge in [-0.25, -0.2) is 13.8 Å². The number of hydrogen-bond acceptors (Lipinski definition) is 2. The molecule has 1 heterocycles. The first-order valence-corrected chi connectivity index (χ1v) is 4.75. The van der Waals surface area contributed by atoms with E-state index in [4.69, 9.17) is 5.11 Å². The lowest BCUT2D eigenvalue weighted by Gasteiger charge is -1.99. The van der Waals surface area contributed by atoms with E-state index >= 15 is 0 Å². The molecule has 88 valence electrons. The maximum absolute atomic E-state index is 13.4. The molecule has 0 fully saturated rings. The van der Waals surface area contributed by atoms with Gasteiger partial charge < -0.3 is 9.67 Å². The number of imidazole rings is 1. The van der Waals surface area contributed by atoms with Crippen molar-refractivity contribution in [1.29, 1.82) is 0 Å². The number of benzene rings is 1. The fourth-order valence-corrected chi connectivity index (χ4v) is 1.44. The number of aliphatic carboxylic acids is 1. The minimum atomic E-state index is -1.02. The van der Waals surface area contributed by atoms with E-state index in [0.29, 0.717) is 0 Å². The van der Waals surface area contributed by atoms with Crippen LogP contribution in [0.3, 0.4) is 0 Å². The molecule has 0 spiro atoms. The summed E-state index contributed by atoms with van der Waals surface area (Å²) in [6, 6.07) is 3.14. The van der Waals surface area contributed by atoms with Crippen LogP contribution in [-0.2, 0) is 11.3 Å². The molecule has 1 N–H and O–H groups in total. The molecular formula is C11H8F2N2O2. The van der Waals surface area contributed by atoms with E-state index in [1.54, 1.807) is 0 Å². The Morgan fingerprint density at radius 1 is 1.41 bits per heavy atom. The Morgan fingerprint density at radius 2 is 2.18 bits per heavy atom. The molecule has 0 amide bonds. The summed E-state index contributed by atoms with van der Waals surface area (Å²) < 4.78 is 27.4. The first kappa shape index (κ1) is 11.3. The van der Waals surface area contributed by atoms with E-state index in [1.165, 1.54) is 23.2 Å². The third-order valence-corrected chi connectivity index (χ3v) is 2.16. The summed E-state index contributed by atoms with van der Waals surface area (Å²) in [7, 11) is 0. The van der Waals surface area contributed by atoms with E-state index in [9.17, 15) is 13.6 Å². The first-order valence-electron chi connectivity index (χ1n) is 4.75. The highest BCUT2D eigenvalue weighted by atomic mass is 19.1. The van der Waals surface area contributed by atoms with Gasteiger partial charge in [-0.3, -0.25) is 4.79 Å². The quantitative estimate of drug-likeness (QED) is 0.888. The van der Waals surface area contributed by atoms with Crippen LogP contribution < -0.4 is 0 Å². The van der Waals surface area contributed by atoms with Crippen LogP contribution in [0.1, 0.15) is 0 Å². The zero-order valence-corrected chi connectivity index (χ0v) is 8.60. The van der Waals surface area contributed by atoms with Crippen molar-refractivity contribution in [3.63, 3.8) is 0 Å². The summed E-state index contributed by atoms with van der Waals surface area (Å²) in [5.74, 6) is -2.42. The van der Waals surface area contributed by atoms with E-state index in [-0.39, 0.29) is 17.8 Å². The minimum Gasteiger partial charge on any atom is -0.480 e. The number of aromatic nitrogens is 2. The van der Waals surface area contributed by atoms with Crippen molar-refractivity contribution in [2.45, 2.75) is 6.54 Å². The van der Waals surface area contributed by atoms with Crippen LogP contribution in [0.15, 0.2) is 30.7 Å². The number of hydrogen-bond donors (Lipinski definition) is 1. The van der Waals surface area contributed by atoms with E-state index < -0.39 is 17.6 Å². The molecule has 6 heteroatoms. The van der Waals surface area contributed by atoms with Gasteiger partial charge in [-0.2, -0.15) is 0 Å². The maximum atomic E-state index is 13.4. The minimum absolute atomic E-state index is 0.135. The fourth-order valence-electron chi connectivity index (χ4n) is 1.44. The molecule has 0 bridgehead atoms. The van der Waals surface area contributed by atoms with Crippen LogP contribution in [0.5, 0.6) is 0 Å². The van der Waals surface area contributed by atoms with E-state index in [1.807, 2.05) is 0 Å². The molecule has 0 saturated heterocycles. The van der Waals surface area contributed by atoms with Gasteiger partial charge in [0.1, 0.15) is 18.2 Å². The Balaban J connectivity index is 2.33. The lowest BCUT2D eigenvalue weighted by Crippen LogP contribution is -2.06. The lowest BCUT2D eigenvalue weighted by atomic mass is 10.1. The van der Waals surface area contributed by atoms with Gasteiger partial charge in [0, 0.05) is 17.8 Å². The van der Waals surface area contributed by atoms with Gasteiger partial charge in [-0.1, -0.05) is 0 Å². The van der Waals surface area contributed by atoms with Gasteiger partial charge in [0.25, 0.3) is 0 Å². The summed E-state index contributed by atoms with van der Waals surface area (Å²) in [5.41, 5.74) is 0.402. The topological polar surface area (TPSA) is 55.1 Å². The molecule has 1 aromatic carbocycles. The normalized spacial score (nSPS) is 10.5. The van der Waals surface area contributed by atoms with Crippen LogP contribution in [0, 0.1) is 11.6 Å². The van der Waals surface area contributed by atoms with E-state index in [0.717, 1.165) is 12.1 Å². The molecule has 2 aromatic rings. The van der Waals surface area contributed by atoms with Crippen molar-refractivity contribution < 1.29 is 18.7 Å². The standard InChI is InChI=1S/C11H8F2N2O2/c12-7-1-2-8(9(13)3-7)10-4-15(6-14-10)5-11(16)17/h1-4,6H,5H2,(H,16,17). The van der Waals surface area contributed by atoms with Crippen LogP contribution in [0.4, 0.5) is 8.78 Å². The molecule has 0 saturated carbocycles. The van der Waals surface area contributed by atoms with Gasteiger partial charge in [-0.05, 0) is 12.1 Å². The number of halogens is 2. The summed E-state index contributed by atoms with van der Waals surface area (Å²) in [6.45, 7) is -0.254. The van der Waals surface area contributed by atoms with Crippen molar-refractivity contribution in [1.82, 2.24) is 9.55 Å². The fraction of sp³-hybridized carbons (Fsp3) is 0.0909. The predicted octanol–water partition coefficient (Wildman–Crippen LogP) is 1.91. The largest absolute Gasteiger partial charge is 0.480 e. The zero-order valence-electron chi connectivity index (χ0n) is 8.60.